The fourth-order valence-electron chi connectivity index (χ4n) is 11.6. The van der Waals surface area contributed by atoms with E-state index in [1.165, 1.54) is 120 Å². The summed E-state index contributed by atoms with van der Waals surface area (Å²) in [6.45, 7) is 4.77. The molecule has 0 radical (unpaired) electrons. The van der Waals surface area contributed by atoms with Crippen LogP contribution in [0.25, 0.3) is 109 Å². The number of thiophene rings is 1. The van der Waals surface area contributed by atoms with Gasteiger partial charge < -0.3 is 4.90 Å². The van der Waals surface area contributed by atoms with Crippen LogP contribution >= 0.6 is 11.3 Å². The van der Waals surface area contributed by atoms with Crippen LogP contribution in [-0.4, -0.2) is 0 Å². The molecule has 0 unspecified atom stereocenters. The van der Waals surface area contributed by atoms with Crippen molar-refractivity contribution >= 4 is 59.3 Å². The Bertz CT molecular complexity index is 3980. The summed E-state index contributed by atoms with van der Waals surface area (Å²) in [5, 5.41) is 5.30. The number of hydrogen-bond acceptors (Lipinski definition) is 2. The normalized spacial score (nSPS) is 12.9. The lowest BCUT2D eigenvalue weighted by Crippen LogP contribution is -2.16. The highest BCUT2D eigenvalue weighted by Gasteiger charge is 2.36. The van der Waals surface area contributed by atoms with Crippen LogP contribution in [0.5, 0.6) is 0 Å². The van der Waals surface area contributed by atoms with Crippen molar-refractivity contribution in [3.63, 3.8) is 0 Å². The lowest BCUT2D eigenvalue weighted by molar-refractivity contribution is 0.660. The molecule has 1 heterocycles. The molecule has 14 rings (SSSR count). The van der Waals surface area contributed by atoms with E-state index in [2.05, 4.69) is 255 Å². The van der Waals surface area contributed by atoms with E-state index in [4.69, 9.17) is 0 Å². The quantitative estimate of drug-likeness (QED) is 0.154. The van der Waals surface area contributed by atoms with Gasteiger partial charge in [0.25, 0.3) is 0 Å². The molecule has 1 nitrogen and oxygen atoms in total. The summed E-state index contributed by atoms with van der Waals surface area (Å²) in [5.74, 6) is 0. The Labute approximate surface area is 406 Å². The van der Waals surface area contributed by atoms with Gasteiger partial charge in [-0.15, -0.1) is 11.3 Å². The van der Waals surface area contributed by atoms with E-state index in [1.54, 1.807) is 0 Å². The van der Waals surface area contributed by atoms with E-state index in [-0.39, 0.29) is 5.41 Å². The molecule has 0 atom stereocenters. The van der Waals surface area contributed by atoms with Crippen molar-refractivity contribution in [2.24, 2.45) is 0 Å². The third-order valence-corrected chi connectivity index (χ3v) is 16.3. The molecular weight excluding hydrogens is 851 g/mol. The van der Waals surface area contributed by atoms with Crippen LogP contribution in [0.3, 0.4) is 0 Å². The van der Waals surface area contributed by atoms with Crippen molar-refractivity contribution in [1.82, 2.24) is 0 Å². The zero-order valence-corrected chi connectivity index (χ0v) is 39.2. The topological polar surface area (TPSA) is 3.24 Å². The Morgan fingerprint density at radius 2 is 0.768 bits per heavy atom. The van der Waals surface area contributed by atoms with Crippen molar-refractivity contribution in [2.45, 2.75) is 19.3 Å². The summed E-state index contributed by atoms with van der Waals surface area (Å²) in [4.78, 5) is 2.43. The second-order valence-electron chi connectivity index (χ2n) is 19.2. The molecule has 0 saturated carbocycles. The number of rotatable bonds is 7. The first-order valence-electron chi connectivity index (χ1n) is 24.0. The van der Waals surface area contributed by atoms with Crippen molar-refractivity contribution in [3.05, 3.63) is 248 Å². The zero-order valence-electron chi connectivity index (χ0n) is 38.4. The second-order valence-corrected chi connectivity index (χ2v) is 20.3. The number of anilines is 3. The van der Waals surface area contributed by atoms with Gasteiger partial charge in [-0.2, -0.15) is 0 Å². The van der Waals surface area contributed by atoms with Gasteiger partial charge in [0.05, 0.1) is 0 Å². The molecule has 11 aromatic carbocycles. The number of fused-ring (bicyclic) bond motifs is 9. The van der Waals surface area contributed by atoms with Crippen LogP contribution in [0.2, 0.25) is 0 Å². The van der Waals surface area contributed by atoms with Crippen LogP contribution in [-0.2, 0) is 5.41 Å². The molecule has 0 N–H and O–H groups in total. The van der Waals surface area contributed by atoms with E-state index >= 15 is 0 Å². The van der Waals surface area contributed by atoms with Gasteiger partial charge in [0.2, 0.25) is 0 Å². The van der Waals surface area contributed by atoms with Crippen LogP contribution in [0.4, 0.5) is 17.1 Å². The first-order valence-corrected chi connectivity index (χ1v) is 24.8. The Morgan fingerprint density at radius 3 is 1.51 bits per heavy atom. The van der Waals surface area contributed by atoms with Gasteiger partial charge in [-0.1, -0.05) is 202 Å². The maximum absolute atomic E-state index is 2.44. The molecule has 1 aromatic heterocycles. The average Bonchev–Trinajstić information content (AvgIpc) is 4.03. The highest BCUT2D eigenvalue weighted by atomic mass is 32.1. The fourth-order valence-corrected chi connectivity index (χ4v) is 12.8. The SMILES string of the molecule is CC1(C)c2cc(-c3ccccc3)ccc2-c2ccc(N(c3ccc(-c4ccc(-c5cccc6c5sc5ccccc56)cc4)cc3)c3ccc(-c4ccc5c6c(cccc46)-c4ccccc4-5)cc3)cc21. The summed E-state index contributed by atoms with van der Waals surface area (Å²) < 4.78 is 2.67. The molecule has 0 spiro atoms. The van der Waals surface area contributed by atoms with Gasteiger partial charge in [0.1, 0.15) is 0 Å². The van der Waals surface area contributed by atoms with E-state index in [1.807, 2.05) is 11.3 Å². The van der Waals surface area contributed by atoms with Gasteiger partial charge in [-0.3, -0.25) is 0 Å². The molecule has 0 bridgehead atoms. The Kier molecular flexibility index (Phi) is 8.87. The molecule has 0 amide bonds. The molecule has 2 aliphatic rings. The van der Waals surface area contributed by atoms with Gasteiger partial charge in [-0.05, 0) is 148 Å². The van der Waals surface area contributed by atoms with Gasteiger partial charge >= 0.3 is 0 Å². The average molecular weight is 896 g/mol. The smallest absolute Gasteiger partial charge is 0.0465 e. The molecule has 12 aromatic rings. The fraction of sp³-hybridized carbons (Fsp3) is 0.0448. The molecule has 2 aliphatic carbocycles. The van der Waals surface area contributed by atoms with Crippen molar-refractivity contribution in [1.29, 1.82) is 0 Å². The molecule has 0 aliphatic heterocycles. The monoisotopic (exact) mass is 895 g/mol. The molecule has 2 heteroatoms. The van der Waals surface area contributed by atoms with Crippen LogP contribution < -0.4 is 4.90 Å². The summed E-state index contributed by atoms with van der Waals surface area (Å²) >= 11 is 1.88. The predicted octanol–water partition coefficient (Wildman–Crippen LogP) is 19.3. The van der Waals surface area contributed by atoms with E-state index in [9.17, 15) is 0 Å². The van der Waals surface area contributed by atoms with Crippen LogP contribution in [0.1, 0.15) is 25.0 Å². The van der Waals surface area contributed by atoms with Crippen LogP contribution in [0.15, 0.2) is 237 Å². The minimum atomic E-state index is -0.186. The third-order valence-electron chi connectivity index (χ3n) is 15.1. The summed E-state index contributed by atoms with van der Waals surface area (Å²) in [7, 11) is 0. The zero-order chi connectivity index (χ0) is 45.8. The number of hydrogen-bond donors (Lipinski definition) is 0. The summed E-state index contributed by atoms with van der Waals surface area (Å²) in [5.41, 5.74) is 23.7. The number of nitrogens with zero attached hydrogens (tertiary/aromatic N) is 1. The Morgan fingerprint density at radius 1 is 0.304 bits per heavy atom. The highest BCUT2D eigenvalue weighted by molar-refractivity contribution is 7.26. The molecule has 69 heavy (non-hydrogen) atoms. The lowest BCUT2D eigenvalue weighted by atomic mass is 9.81. The minimum Gasteiger partial charge on any atom is -0.310 e. The van der Waals surface area contributed by atoms with Gasteiger partial charge in [0.15, 0.2) is 0 Å². The van der Waals surface area contributed by atoms with Crippen molar-refractivity contribution < 1.29 is 0 Å². The molecule has 0 saturated heterocycles. The summed E-state index contributed by atoms with van der Waals surface area (Å²) in [6, 6.07) is 88.0. The molecule has 324 valence electrons. The Balaban J connectivity index is 0.841. The van der Waals surface area contributed by atoms with Gasteiger partial charge in [-0.25, -0.2) is 0 Å². The van der Waals surface area contributed by atoms with Crippen LogP contribution in [0, 0.1) is 0 Å². The highest BCUT2D eigenvalue weighted by Crippen LogP contribution is 2.53. The number of benzene rings is 11. The second kappa shape index (κ2) is 15.4. The van der Waals surface area contributed by atoms with E-state index < -0.39 is 0 Å². The van der Waals surface area contributed by atoms with Gasteiger partial charge in [0, 0.05) is 42.6 Å². The maximum atomic E-state index is 2.44. The molecule has 0 fully saturated rings. The van der Waals surface area contributed by atoms with Crippen molar-refractivity contribution in [3.8, 4) is 77.9 Å². The largest absolute Gasteiger partial charge is 0.310 e. The third kappa shape index (κ3) is 6.22. The first-order chi connectivity index (χ1) is 34.0. The summed E-state index contributed by atoms with van der Waals surface area (Å²) in [6.07, 6.45) is 0. The van der Waals surface area contributed by atoms with E-state index in [0.717, 1.165) is 17.1 Å². The first kappa shape index (κ1) is 39.8. The predicted molar refractivity (Wildman–Crippen MR) is 295 cm³/mol. The molecular formula is C67H45NS. The lowest BCUT2D eigenvalue weighted by Gasteiger charge is -2.28. The maximum Gasteiger partial charge on any atom is 0.0465 e. The standard InChI is InChI=1S/C67H45NS/c1-67(2)62-40-47(42-12-4-3-5-13-42)30-36-55(62)56-37-35-50(41-63(56)67)68(49-33-28-45(29-34-49)51-38-39-60-54-15-7-6-14-53(54)59-19-11-18-58(51)65(59)60)48-31-26-44(27-32-48)43-22-24-46(25-23-43)52-17-10-20-61-57-16-8-9-21-64(57)69-66(52)61/h3-41H,1-2H3. The van der Waals surface area contributed by atoms with E-state index in [0.29, 0.717) is 0 Å². The van der Waals surface area contributed by atoms with Crippen molar-refractivity contribution in [2.75, 3.05) is 4.90 Å². The minimum absolute atomic E-state index is 0.186. The Hall–Kier alpha value is -8.30.